The molecular formula is C57H78N2O9+2. The Labute approximate surface area is 405 Å². The first kappa shape index (κ1) is 50.6. The van der Waals surface area contributed by atoms with Gasteiger partial charge in [-0.2, -0.15) is 0 Å². The van der Waals surface area contributed by atoms with E-state index in [9.17, 15) is 19.8 Å². The molecule has 0 aromatic heterocycles. The summed E-state index contributed by atoms with van der Waals surface area (Å²) >= 11 is 0. The molecule has 4 aromatic rings. The summed E-state index contributed by atoms with van der Waals surface area (Å²) in [5.74, 6) is 2.61. The number of unbranched alkanes of at least 4 members (excludes halogenated alkanes) is 10. The quantitative estimate of drug-likeness (QED) is 0.0621. The maximum absolute atomic E-state index is 13.6. The van der Waals surface area contributed by atoms with Gasteiger partial charge in [0.1, 0.15) is 29.3 Å². The number of aliphatic carboxylic acids is 2. The molecule has 6 atom stereocenters. The predicted molar refractivity (Wildman–Crippen MR) is 267 cm³/mol. The summed E-state index contributed by atoms with van der Waals surface area (Å²) in [6.07, 6.45) is 16.6. The van der Waals surface area contributed by atoms with Gasteiger partial charge in [0.15, 0.2) is 35.1 Å². The maximum Gasteiger partial charge on any atom is 0.362 e. The number of hydrogen-bond donors (Lipinski definition) is 2. The van der Waals surface area contributed by atoms with Crippen molar-refractivity contribution in [2.24, 2.45) is 0 Å². The van der Waals surface area contributed by atoms with Crippen molar-refractivity contribution in [3.8, 4) is 40.2 Å². The first-order valence-electron chi connectivity index (χ1n) is 25.6. The minimum absolute atomic E-state index is 0.221. The fourth-order valence-corrected chi connectivity index (χ4v) is 11.7. The van der Waals surface area contributed by atoms with E-state index in [1.54, 1.807) is 21.3 Å². The van der Waals surface area contributed by atoms with Crippen molar-refractivity contribution in [2.75, 3.05) is 48.5 Å². The number of rotatable bonds is 21. The van der Waals surface area contributed by atoms with Gasteiger partial charge in [0.2, 0.25) is 0 Å². The molecule has 6 unspecified atom stereocenters. The second-order valence-electron chi connectivity index (χ2n) is 20.1. The summed E-state index contributed by atoms with van der Waals surface area (Å²) in [6.45, 7) is 5.70. The van der Waals surface area contributed by atoms with Gasteiger partial charge in [-0.1, -0.05) is 96.3 Å². The topological polar surface area (TPSA) is 121 Å². The van der Waals surface area contributed by atoms with Crippen LogP contribution in [0, 0.1) is 0 Å². The lowest BCUT2D eigenvalue weighted by molar-refractivity contribution is -0.956. The molecule has 0 spiro atoms. The van der Waals surface area contributed by atoms with Crippen LogP contribution in [-0.4, -0.2) is 91.7 Å². The summed E-state index contributed by atoms with van der Waals surface area (Å²) in [5, 5.41) is 22.3. The van der Waals surface area contributed by atoms with Gasteiger partial charge < -0.3 is 42.9 Å². The van der Waals surface area contributed by atoms with Gasteiger partial charge in [0.25, 0.3) is 0 Å². The van der Waals surface area contributed by atoms with Crippen LogP contribution in [0.2, 0.25) is 0 Å². The van der Waals surface area contributed by atoms with Gasteiger partial charge in [0, 0.05) is 50.2 Å². The summed E-state index contributed by atoms with van der Waals surface area (Å²) in [5.41, 5.74) is 6.21. The first-order valence-corrected chi connectivity index (χ1v) is 25.6. The largest absolute Gasteiger partial charge is 0.497 e. The Morgan fingerprint density at radius 3 is 1.72 bits per heavy atom. The Balaban J connectivity index is 1.40. The fourth-order valence-electron chi connectivity index (χ4n) is 11.7. The zero-order chi connectivity index (χ0) is 48.4. The predicted octanol–water partition coefficient (Wildman–Crippen LogP) is 12.6. The minimum Gasteiger partial charge on any atom is -0.497 e. The fraction of sp³-hybridized carbons (Fsp3) is 0.544. The summed E-state index contributed by atoms with van der Waals surface area (Å²) in [4.78, 5) is 27.2. The van der Waals surface area contributed by atoms with Crippen LogP contribution in [0.15, 0.2) is 66.7 Å². The molecule has 68 heavy (non-hydrogen) atoms. The normalized spacial score (nSPS) is 21.5. The summed E-state index contributed by atoms with van der Waals surface area (Å²) < 4.78 is 32.5. The van der Waals surface area contributed by atoms with Gasteiger partial charge in [-0.3, -0.25) is 0 Å². The molecule has 8 rings (SSSR count). The third kappa shape index (κ3) is 11.1. The van der Waals surface area contributed by atoms with E-state index < -0.39 is 24.0 Å². The molecule has 368 valence electrons. The van der Waals surface area contributed by atoms with Gasteiger partial charge in [0.05, 0.1) is 54.1 Å². The molecule has 0 saturated heterocycles. The van der Waals surface area contributed by atoms with Gasteiger partial charge in [-0.15, -0.1) is 0 Å². The second-order valence-corrected chi connectivity index (χ2v) is 20.1. The molecule has 0 radical (unpaired) electrons. The molecule has 4 aromatic carbocycles. The summed E-state index contributed by atoms with van der Waals surface area (Å²) in [7, 11) is 9.23. The Morgan fingerprint density at radius 2 is 1.13 bits per heavy atom. The zero-order valence-corrected chi connectivity index (χ0v) is 41.9. The third-order valence-corrected chi connectivity index (χ3v) is 15.8. The van der Waals surface area contributed by atoms with Crippen molar-refractivity contribution in [2.45, 2.75) is 154 Å². The molecule has 0 amide bonds. The standard InChI is InChI=1S/C57H76N2O9/c1-8-10-12-14-16-18-20-46(56(60)61)58(3)30-28-41-36-51(66-7)53-38-45(41)48(58)32-39-22-25-43(26-23-39)67-52-34-40(24-27-50(52)65-6)33-49-55-42(35-44(64-5)37-54(55)68-53)29-31-59(49,4)47(57(62)63)21-19-17-15-13-11-9-2/h22-27,34-38,46-49H,8-21,28-33H2,1-7H3/p+2. The SMILES string of the molecule is CCCCCCCCC(C(=O)O)[N+]1(C)CCc2cc(OC)c3cc2C1Cc1ccc(cc1)Oc1cc(ccc1OC)CC1c2c(cc(OC)cc2O3)CC[N+]1(C)C(CCCCCCCC)C(=O)O. The van der Waals surface area contributed by atoms with Gasteiger partial charge >= 0.3 is 11.9 Å². The average Bonchev–Trinajstić information content (AvgIpc) is 3.32. The lowest BCUT2D eigenvalue weighted by atomic mass is 9.83. The van der Waals surface area contributed by atoms with Crippen LogP contribution < -0.4 is 23.7 Å². The van der Waals surface area contributed by atoms with Crippen molar-refractivity contribution in [3.05, 3.63) is 100 Å². The van der Waals surface area contributed by atoms with E-state index in [4.69, 9.17) is 23.7 Å². The number of likely N-dealkylation sites (N-methyl/N-ethyl adjacent to an activating group) is 2. The van der Waals surface area contributed by atoms with Crippen LogP contribution in [0.1, 0.15) is 149 Å². The molecule has 0 saturated carbocycles. The highest BCUT2D eigenvalue weighted by molar-refractivity contribution is 5.73. The number of nitrogens with zero attached hydrogens (tertiary/aromatic N) is 2. The zero-order valence-electron chi connectivity index (χ0n) is 41.9. The van der Waals surface area contributed by atoms with E-state index in [-0.39, 0.29) is 16.6 Å². The molecule has 0 fully saturated rings. The number of ether oxygens (including phenoxy) is 5. The van der Waals surface area contributed by atoms with Crippen LogP contribution in [0.3, 0.4) is 0 Å². The third-order valence-electron chi connectivity index (χ3n) is 15.8. The lowest BCUT2D eigenvalue weighted by Crippen LogP contribution is -2.61. The van der Waals surface area contributed by atoms with E-state index in [0.29, 0.717) is 96.3 Å². The summed E-state index contributed by atoms with van der Waals surface area (Å²) in [6, 6.07) is 20.5. The molecule has 4 aliphatic rings. The number of fused-ring (bicyclic) bond motifs is 2. The molecule has 6 bridgehead atoms. The van der Waals surface area contributed by atoms with Crippen molar-refractivity contribution >= 4 is 11.9 Å². The Morgan fingerprint density at radius 1 is 0.588 bits per heavy atom. The highest BCUT2D eigenvalue weighted by atomic mass is 16.5. The second kappa shape index (κ2) is 22.9. The van der Waals surface area contributed by atoms with E-state index in [1.165, 1.54) is 25.7 Å². The van der Waals surface area contributed by atoms with Crippen molar-refractivity contribution in [1.29, 1.82) is 0 Å². The van der Waals surface area contributed by atoms with Crippen LogP contribution in [-0.2, 0) is 35.3 Å². The van der Waals surface area contributed by atoms with E-state index >= 15 is 0 Å². The molecule has 4 aliphatic heterocycles. The Bertz CT molecular complexity index is 2350. The Hall–Kier alpha value is -5.26. The molecule has 11 nitrogen and oxygen atoms in total. The number of hydrogen-bond acceptors (Lipinski definition) is 7. The van der Waals surface area contributed by atoms with Crippen molar-refractivity contribution in [3.63, 3.8) is 0 Å². The monoisotopic (exact) mass is 935 g/mol. The molecule has 2 N–H and O–H groups in total. The number of carboxylic acids is 2. The van der Waals surface area contributed by atoms with E-state index in [2.05, 4.69) is 64.3 Å². The number of benzene rings is 4. The van der Waals surface area contributed by atoms with E-state index in [1.807, 2.05) is 30.3 Å². The average molecular weight is 935 g/mol. The maximum atomic E-state index is 13.6. The number of carboxylic acid groups (broad SMARTS) is 2. The number of carbonyl (C=O) groups is 2. The van der Waals surface area contributed by atoms with Crippen molar-refractivity contribution < 1.29 is 52.5 Å². The van der Waals surface area contributed by atoms with Gasteiger partial charge in [-0.05, 0) is 77.6 Å². The van der Waals surface area contributed by atoms with Crippen molar-refractivity contribution in [1.82, 2.24) is 0 Å². The molecule has 11 heteroatoms. The lowest BCUT2D eigenvalue weighted by Gasteiger charge is -2.49. The molecule has 0 aliphatic carbocycles. The first-order chi connectivity index (χ1) is 32.9. The van der Waals surface area contributed by atoms with Crippen LogP contribution in [0.4, 0.5) is 0 Å². The highest BCUT2D eigenvalue weighted by Gasteiger charge is 2.50. The Kier molecular flexibility index (Phi) is 17.0. The van der Waals surface area contributed by atoms with Crippen LogP contribution >= 0.6 is 0 Å². The van der Waals surface area contributed by atoms with Crippen LogP contribution in [0.25, 0.3) is 0 Å². The van der Waals surface area contributed by atoms with Crippen LogP contribution in [0.5, 0.6) is 40.2 Å². The van der Waals surface area contributed by atoms with E-state index in [0.717, 1.165) is 84.7 Å². The smallest absolute Gasteiger partial charge is 0.362 e. The number of methoxy groups -OCH3 is 3. The number of quaternary nitrogens is 2. The van der Waals surface area contributed by atoms with Gasteiger partial charge in [-0.25, -0.2) is 9.59 Å². The highest BCUT2D eigenvalue weighted by Crippen LogP contribution is 2.51. The molecule has 4 heterocycles. The minimum atomic E-state index is -0.790. The molecular weight excluding hydrogens is 857 g/mol.